The highest BCUT2D eigenvalue weighted by Crippen LogP contribution is 2.31. The van der Waals surface area contributed by atoms with Gasteiger partial charge in [0, 0.05) is 68.3 Å². The molecule has 40 heavy (non-hydrogen) atoms. The van der Waals surface area contributed by atoms with E-state index in [2.05, 4.69) is 15.2 Å². The zero-order chi connectivity index (χ0) is 28.1. The van der Waals surface area contributed by atoms with E-state index in [0.29, 0.717) is 53.2 Å². The number of ether oxygens (including phenoxy) is 3. The number of nitrogens with zero attached hydrogens (tertiary/aromatic N) is 3. The Bertz CT molecular complexity index is 1340. The number of carbonyl (C=O) groups is 2. The van der Waals surface area contributed by atoms with Crippen molar-refractivity contribution < 1.29 is 28.9 Å². The molecule has 3 heterocycles. The number of aliphatic hydroxyl groups excluding tert-OH is 1. The number of aromatic nitrogens is 1. The smallest absolute Gasteiger partial charge is 0.257 e. The van der Waals surface area contributed by atoms with Crippen LogP contribution in [0.3, 0.4) is 0 Å². The van der Waals surface area contributed by atoms with Gasteiger partial charge in [0.1, 0.15) is 23.4 Å². The Hall–Kier alpha value is -3.51. The van der Waals surface area contributed by atoms with Crippen LogP contribution in [0.15, 0.2) is 42.5 Å². The third kappa shape index (κ3) is 6.79. The Kier molecular flexibility index (Phi) is 8.95. The van der Waals surface area contributed by atoms with Gasteiger partial charge in [0.15, 0.2) is 5.13 Å². The van der Waals surface area contributed by atoms with Crippen LogP contribution in [0.2, 0.25) is 0 Å². The van der Waals surface area contributed by atoms with Gasteiger partial charge in [-0.1, -0.05) is 0 Å². The normalized spacial score (nSPS) is 15.6. The number of likely N-dealkylation sites (tertiary alicyclic amines) is 1. The van der Waals surface area contributed by atoms with Gasteiger partial charge < -0.3 is 24.2 Å². The van der Waals surface area contributed by atoms with Crippen molar-refractivity contribution in [3.05, 3.63) is 64.2 Å². The molecule has 1 aromatic heterocycles. The topological polar surface area (TPSA) is 113 Å². The summed E-state index contributed by atoms with van der Waals surface area (Å²) in [7, 11) is 1.60. The van der Waals surface area contributed by atoms with Crippen molar-refractivity contribution in [3.8, 4) is 17.2 Å². The second-order valence-electron chi connectivity index (χ2n) is 9.94. The summed E-state index contributed by atoms with van der Waals surface area (Å²) in [6.45, 7) is 6.13. The fourth-order valence-electron chi connectivity index (χ4n) is 4.64. The van der Waals surface area contributed by atoms with Crippen LogP contribution in [-0.2, 0) is 17.7 Å². The molecule has 0 radical (unpaired) electrons. The molecular formula is C29H34N4O6S. The number of nitrogens with one attached hydrogen (secondary N) is 1. The van der Waals surface area contributed by atoms with Crippen molar-refractivity contribution in [3.63, 3.8) is 0 Å². The molecule has 1 saturated heterocycles. The minimum absolute atomic E-state index is 0.0178. The summed E-state index contributed by atoms with van der Waals surface area (Å²) in [6, 6.07) is 12.0. The van der Waals surface area contributed by atoms with Crippen LogP contribution in [-0.4, -0.2) is 84.3 Å². The van der Waals surface area contributed by atoms with E-state index in [-0.39, 0.29) is 24.5 Å². The standard InChI is InChI=1S/C29H34N4O6S/c1-19(18-37-2)38-23-14-21(27(35)31-29-30-25-8-11-32(12-13-34)17-26(25)40-29)15-24(16-23)39-22-6-4-20(5-7-22)28(36)33-9-3-10-33/h4-7,14-16,19,34H,3,8-13,17-18H2,1-2H3,(H,30,31,35)/t19-/m0/s1. The van der Waals surface area contributed by atoms with Crippen LogP contribution in [0.4, 0.5) is 5.13 Å². The highest BCUT2D eigenvalue weighted by Gasteiger charge is 2.23. The highest BCUT2D eigenvalue weighted by molar-refractivity contribution is 7.15. The second kappa shape index (κ2) is 12.8. The first-order valence-electron chi connectivity index (χ1n) is 13.4. The van der Waals surface area contributed by atoms with Gasteiger partial charge in [-0.3, -0.25) is 19.8 Å². The number of carbonyl (C=O) groups excluding carboxylic acids is 2. The Morgan fingerprint density at radius 1 is 1.07 bits per heavy atom. The highest BCUT2D eigenvalue weighted by atomic mass is 32.1. The predicted molar refractivity (Wildman–Crippen MR) is 152 cm³/mol. The van der Waals surface area contributed by atoms with Crippen LogP contribution in [0.25, 0.3) is 0 Å². The lowest BCUT2D eigenvalue weighted by Crippen LogP contribution is -2.41. The van der Waals surface area contributed by atoms with E-state index in [9.17, 15) is 14.7 Å². The molecule has 2 N–H and O–H groups in total. The zero-order valence-electron chi connectivity index (χ0n) is 22.7. The van der Waals surface area contributed by atoms with Gasteiger partial charge in [-0.05, 0) is 49.7 Å². The quantitative estimate of drug-likeness (QED) is 0.361. The van der Waals surface area contributed by atoms with Gasteiger partial charge in [0.2, 0.25) is 0 Å². The fourth-order valence-corrected chi connectivity index (χ4v) is 5.68. The van der Waals surface area contributed by atoms with Gasteiger partial charge in [-0.15, -0.1) is 11.3 Å². The second-order valence-corrected chi connectivity index (χ2v) is 11.0. The third-order valence-corrected chi connectivity index (χ3v) is 7.81. The lowest BCUT2D eigenvalue weighted by molar-refractivity contribution is 0.0651. The third-order valence-electron chi connectivity index (χ3n) is 6.81. The van der Waals surface area contributed by atoms with Gasteiger partial charge in [0.25, 0.3) is 11.8 Å². The summed E-state index contributed by atoms with van der Waals surface area (Å²) in [5.74, 6) is 1.11. The average molecular weight is 567 g/mol. The van der Waals surface area contributed by atoms with E-state index in [0.717, 1.165) is 43.0 Å². The number of benzene rings is 2. The number of rotatable bonds is 11. The number of thiazole rings is 1. The molecule has 2 aromatic carbocycles. The zero-order valence-corrected chi connectivity index (χ0v) is 23.5. The summed E-state index contributed by atoms with van der Waals surface area (Å²) >= 11 is 1.45. The average Bonchev–Trinajstić information content (AvgIpc) is 3.29. The van der Waals surface area contributed by atoms with Crippen molar-refractivity contribution in [2.75, 3.05) is 51.8 Å². The van der Waals surface area contributed by atoms with E-state index in [1.807, 2.05) is 11.8 Å². The first-order valence-corrected chi connectivity index (χ1v) is 14.2. The molecule has 0 unspecified atom stereocenters. The number of amides is 2. The molecule has 0 aliphatic carbocycles. The minimum Gasteiger partial charge on any atom is -0.488 e. The van der Waals surface area contributed by atoms with Crippen molar-refractivity contribution in [1.82, 2.24) is 14.8 Å². The molecule has 11 heteroatoms. The van der Waals surface area contributed by atoms with Gasteiger partial charge in [-0.2, -0.15) is 0 Å². The summed E-state index contributed by atoms with van der Waals surface area (Å²) < 4.78 is 17.3. The van der Waals surface area contributed by atoms with Crippen molar-refractivity contribution >= 4 is 28.3 Å². The summed E-state index contributed by atoms with van der Waals surface area (Å²) in [6.07, 6.45) is 1.58. The number of aliphatic hydroxyl groups is 1. The summed E-state index contributed by atoms with van der Waals surface area (Å²) in [5.41, 5.74) is 1.96. The molecule has 1 fully saturated rings. The molecule has 0 saturated carbocycles. The molecule has 0 bridgehead atoms. The monoisotopic (exact) mass is 566 g/mol. The maximum absolute atomic E-state index is 13.3. The first-order chi connectivity index (χ1) is 19.4. The molecule has 212 valence electrons. The Morgan fingerprint density at radius 3 is 2.55 bits per heavy atom. The molecule has 0 spiro atoms. The molecule has 10 nitrogen and oxygen atoms in total. The van der Waals surface area contributed by atoms with Gasteiger partial charge in [0.05, 0.1) is 18.9 Å². The predicted octanol–water partition coefficient (Wildman–Crippen LogP) is 3.80. The summed E-state index contributed by atoms with van der Waals surface area (Å²) in [5, 5.41) is 12.7. The lowest BCUT2D eigenvalue weighted by Gasteiger charge is -2.30. The largest absolute Gasteiger partial charge is 0.488 e. The van der Waals surface area contributed by atoms with Crippen LogP contribution in [0.5, 0.6) is 17.2 Å². The fraction of sp³-hybridized carbons (Fsp3) is 0.414. The lowest BCUT2D eigenvalue weighted by atomic mass is 10.1. The molecule has 5 rings (SSSR count). The van der Waals surface area contributed by atoms with Gasteiger partial charge in [-0.25, -0.2) is 4.98 Å². The SMILES string of the molecule is COC[C@H](C)Oc1cc(Oc2ccc(C(=O)N3CCC3)cc2)cc(C(=O)Nc2nc3c(s2)CN(CCO)CC3)c1. The molecular weight excluding hydrogens is 532 g/mol. The molecule has 2 amide bonds. The number of hydrogen-bond donors (Lipinski definition) is 2. The van der Waals surface area contributed by atoms with Crippen molar-refractivity contribution in [2.45, 2.75) is 32.4 Å². The van der Waals surface area contributed by atoms with Crippen LogP contribution < -0.4 is 14.8 Å². The number of methoxy groups -OCH3 is 1. The molecule has 2 aliphatic rings. The first kappa shape index (κ1) is 28.0. The molecule has 1 atom stereocenters. The van der Waals surface area contributed by atoms with Gasteiger partial charge >= 0.3 is 0 Å². The maximum Gasteiger partial charge on any atom is 0.257 e. The summed E-state index contributed by atoms with van der Waals surface area (Å²) in [4.78, 5) is 35.5. The van der Waals surface area contributed by atoms with Crippen LogP contribution >= 0.6 is 11.3 Å². The maximum atomic E-state index is 13.3. The minimum atomic E-state index is -0.330. The number of β-amino-alcohol motifs (C(OH)–C–C–N with tert-alkyl or cyclic N) is 1. The van der Waals surface area contributed by atoms with E-state index >= 15 is 0 Å². The Balaban J connectivity index is 1.32. The van der Waals surface area contributed by atoms with E-state index in [1.54, 1.807) is 49.6 Å². The van der Waals surface area contributed by atoms with E-state index in [4.69, 9.17) is 14.2 Å². The number of fused-ring (bicyclic) bond motifs is 1. The molecule has 2 aliphatic heterocycles. The van der Waals surface area contributed by atoms with E-state index < -0.39 is 0 Å². The van der Waals surface area contributed by atoms with Crippen molar-refractivity contribution in [2.24, 2.45) is 0 Å². The molecule has 3 aromatic rings. The Morgan fingerprint density at radius 2 is 1.85 bits per heavy atom. The van der Waals surface area contributed by atoms with Crippen LogP contribution in [0.1, 0.15) is 44.6 Å². The number of hydrogen-bond acceptors (Lipinski definition) is 9. The number of anilines is 1. The van der Waals surface area contributed by atoms with Crippen LogP contribution in [0, 0.1) is 0 Å². The van der Waals surface area contributed by atoms with E-state index in [1.165, 1.54) is 11.3 Å². The van der Waals surface area contributed by atoms with Crippen molar-refractivity contribution in [1.29, 1.82) is 0 Å². The Labute approximate surface area is 237 Å².